The Bertz CT molecular complexity index is 1100. The van der Waals surface area contributed by atoms with Gasteiger partial charge in [-0.2, -0.15) is 9.61 Å². The number of benzene rings is 2. The Kier molecular flexibility index (Phi) is 4.55. The largest absolute Gasteiger partial charge is 0.497 e. The molecule has 4 rings (SSSR count). The van der Waals surface area contributed by atoms with Gasteiger partial charge in [-0.1, -0.05) is 41.7 Å². The average Bonchev–Trinajstić information content (AvgIpc) is 3.29. The van der Waals surface area contributed by atoms with E-state index in [1.165, 1.54) is 11.3 Å². The van der Waals surface area contributed by atoms with Crippen LogP contribution in [0, 0.1) is 6.92 Å². The van der Waals surface area contributed by atoms with Crippen molar-refractivity contribution in [2.24, 2.45) is 0 Å². The zero-order valence-electron chi connectivity index (χ0n) is 14.8. The number of aryl methyl sites for hydroxylation is 1. The van der Waals surface area contributed by atoms with Crippen molar-refractivity contribution >= 4 is 22.2 Å². The summed E-state index contributed by atoms with van der Waals surface area (Å²) in [4.78, 5) is 13.1. The predicted molar refractivity (Wildman–Crippen MR) is 103 cm³/mol. The summed E-state index contributed by atoms with van der Waals surface area (Å²) < 4.78 is 6.89. The van der Waals surface area contributed by atoms with E-state index in [1.54, 1.807) is 29.8 Å². The lowest BCUT2D eigenvalue weighted by molar-refractivity contribution is 0.0950. The van der Waals surface area contributed by atoms with Crippen molar-refractivity contribution in [1.29, 1.82) is 0 Å². The van der Waals surface area contributed by atoms with E-state index in [9.17, 15) is 4.79 Å². The van der Waals surface area contributed by atoms with Crippen LogP contribution in [-0.2, 0) is 6.54 Å². The van der Waals surface area contributed by atoms with Gasteiger partial charge in [0.15, 0.2) is 5.82 Å². The summed E-state index contributed by atoms with van der Waals surface area (Å²) in [7, 11) is 1.58. The van der Waals surface area contributed by atoms with Crippen molar-refractivity contribution in [2.45, 2.75) is 13.5 Å². The molecule has 0 aliphatic rings. The molecule has 1 N–H and O–H groups in total. The number of rotatable bonds is 5. The lowest BCUT2D eigenvalue weighted by Gasteiger charge is -2.07. The number of amides is 1. The van der Waals surface area contributed by atoms with Crippen molar-refractivity contribution in [2.75, 3.05) is 7.11 Å². The maximum absolute atomic E-state index is 12.3. The fraction of sp³-hybridized carbons (Fsp3) is 0.158. The van der Waals surface area contributed by atoms with Crippen LogP contribution in [0.1, 0.15) is 21.7 Å². The molecule has 0 unspecified atom stereocenters. The fourth-order valence-electron chi connectivity index (χ4n) is 2.65. The second kappa shape index (κ2) is 7.16. The van der Waals surface area contributed by atoms with E-state index in [0.29, 0.717) is 17.9 Å². The fourth-order valence-corrected chi connectivity index (χ4v) is 3.54. The molecule has 2 aromatic carbocycles. The molecule has 2 heterocycles. The number of hydrogen-bond donors (Lipinski definition) is 1. The van der Waals surface area contributed by atoms with Crippen molar-refractivity contribution in [3.8, 4) is 16.3 Å². The monoisotopic (exact) mass is 379 g/mol. The first kappa shape index (κ1) is 17.2. The van der Waals surface area contributed by atoms with E-state index in [4.69, 9.17) is 4.74 Å². The molecule has 0 radical (unpaired) electrons. The molecule has 0 bridgehead atoms. The topological polar surface area (TPSA) is 81.4 Å². The van der Waals surface area contributed by atoms with E-state index in [0.717, 1.165) is 26.9 Å². The number of methoxy groups -OCH3 is 1. The minimum absolute atomic E-state index is 0.137. The number of nitrogens with zero attached hydrogens (tertiary/aromatic N) is 4. The van der Waals surface area contributed by atoms with E-state index in [-0.39, 0.29) is 5.91 Å². The van der Waals surface area contributed by atoms with Gasteiger partial charge in [-0.25, -0.2) is 0 Å². The van der Waals surface area contributed by atoms with Gasteiger partial charge in [0.25, 0.3) is 5.91 Å². The number of carbonyl (C=O) groups is 1. The highest BCUT2D eigenvalue weighted by molar-refractivity contribution is 7.19. The third kappa shape index (κ3) is 3.52. The molecule has 0 fully saturated rings. The van der Waals surface area contributed by atoms with E-state index >= 15 is 0 Å². The summed E-state index contributed by atoms with van der Waals surface area (Å²) in [5.41, 5.74) is 2.59. The molecule has 27 heavy (non-hydrogen) atoms. The maximum atomic E-state index is 12.3. The second-order valence-electron chi connectivity index (χ2n) is 5.96. The highest BCUT2D eigenvalue weighted by Crippen LogP contribution is 2.25. The smallest absolute Gasteiger partial charge is 0.251 e. The van der Waals surface area contributed by atoms with Gasteiger partial charge >= 0.3 is 0 Å². The van der Waals surface area contributed by atoms with Gasteiger partial charge in [0.1, 0.15) is 10.8 Å². The Morgan fingerprint density at radius 1 is 1.19 bits per heavy atom. The van der Waals surface area contributed by atoms with Crippen molar-refractivity contribution in [1.82, 2.24) is 25.1 Å². The molecule has 0 aliphatic heterocycles. The molecule has 4 aromatic rings. The van der Waals surface area contributed by atoms with Gasteiger partial charge in [0.05, 0.1) is 7.11 Å². The number of hydrogen-bond acceptors (Lipinski definition) is 6. The number of fused-ring (bicyclic) bond motifs is 1. The first-order chi connectivity index (χ1) is 13.1. The van der Waals surface area contributed by atoms with Crippen LogP contribution in [-0.4, -0.2) is 32.8 Å². The summed E-state index contributed by atoms with van der Waals surface area (Å²) in [6.45, 7) is 2.32. The Balaban J connectivity index is 1.43. The summed E-state index contributed by atoms with van der Waals surface area (Å²) in [6.07, 6.45) is 0. The van der Waals surface area contributed by atoms with Crippen molar-refractivity contribution < 1.29 is 9.53 Å². The quantitative estimate of drug-likeness (QED) is 0.576. The SMILES string of the molecule is COc1cccc(C(=O)NCc2ccc(-c3nn4c(C)nnc4s3)cc2)c1. The molecular weight excluding hydrogens is 362 g/mol. The van der Waals surface area contributed by atoms with Crippen molar-refractivity contribution in [3.63, 3.8) is 0 Å². The maximum Gasteiger partial charge on any atom is 0.251 e. The van der Waals surface area contributed by atoms with Crippen LogP contribution in [0.4, 0.5) is 0 Å². The van der Waals surface area contributed by atoms with Gasteiger partial charge in [0.2, 0.25) is 4.96 Å². The van der Waals surface area contributed by atoms with E-state index < -0.39 is 0 Å². The normalized spacial score (nSPS) is 10.9. The van der Waals surface area contributed by atoms with Crippen LogP contribution in [0.2, 0.25) is 0 Å². The van der Waals surface area contributed by atoms with Crippen LogP contribution >= 0.6 is 11.3 Å². The molecule has 0 saturated heterocycles. The average molecular weight is 379 g/mol. The van der Waals surface area contributed by atoms with Crippen LogP contribution < -0.4 is 10.1 Å². The van der Waals surface area contributed by atoms with Crippen LogP contribution in [0.15, 0.2) is 48.5 Å². The summed E-state index contributed by atoms with van der Waals surface area (Å²) in [5.74, 6) is 1.29. The first-order valence-electron chi connectivity index (χ1n) is 8.34. The minimum atomic E-state index is -0.137. The van der Waals surface area contributed by atoms with Crippen LogP contribution in [0.25, 0.3) is 15.5 Å². The van der Waals surface area contributed by atoms with Crippen LogP contribution in [0.3, 0.4) is 0 Å². The summed E-state index contributed by atoms with van der Waals surface area (Å²) >= 11 is 1.49. The molecule has 7 nitrogen and oxygen atoms in total. The zero-order chi connectivity index (χ0) is 18.8. The third-order valence-corrected chi connectivity index (χ3v) is 5.08. The molecule has 0 spiro atoms. The Hall–Kier alpha value is -3.26. The zero-order valence-corrected chi connectivity index (χ0v) is 15.7. The molecule has 2 aromatic heterocycles. The highest BCUT2D eigenvalue weighted by atomic mass is 32.1. The molecule has 1 amide bonds. The highest BCUT2D eigenvalue weighted by Gasteiger charge is 2.11. The second-order valence-corrected chi connectivity index (χ2v) is 6.92. The lowest BCUT2D eigenvalue weighted by atomic mass is 10.1. The number of aromatic nitrogens is 4. The standard InChI is InChI=1S/C19H17N5O2S/c1-12-21-22-19-24(12)23-18(27-19)14-8-6-13(7-9-14)11-20-17(25)15-4-3-5-16(10-15)26-2/h3-10H,11H2,1-2H3,(H,20,25). The molecule has 0 atom stereocenters. The summed E-state index contributed by atoms with van der Waals surface area (Å²) in [5, 5.41) is 16.4. The summed E-state index contributed by atoms with van der Waals surface area (Å²) in [6, 6.07) is 15.0. The van der Waals surface area contributed by atoms with E-state index in [2.05, 4.69) is 20.6 Å². The minimum Gasteiger partial charge on any atom is -0.497 e. The lowest BCUT2D eigenvalue weighted by Crippen LogP contribution is -2.22. The van der Waals surface area contributed by atoms with Gasteiger partial charge in [0, 0.05) is 17.7 Å². The van der Waals surface area contributed by atoms with E-state index in [1.807, 2.05) is 37.3 Å². The molecule has 136 valence electrons. The van der Waals surface area contributed by atoms with Gasteiger partial charge in [-0.05, 0) is 30.7 Å². The third-order valence-electron chi connectivity index (χ3n) is 4.13. The first-order valence-corrected chi connectivity index (χ1v) is 9.16. The van der Waals surface area contributed by atoms with Crippen LogP contribution in [0.5, 0.6) is 5.75 Å². The molecule has 0 saturated carbocycles. The number of carbonyl (C=O) groups excluding carboxylic acids is 1. The molecule has 8 heteroatoms. The Morgan fingerprint density at radius 2 is 2.00 bits per heavy atom. The van der Waals surface area contributed by atoms with Gasteiger partial charge in [-0.3, -0.25) is 4.79 Å². The Morgan fingerprint density at radius 3 is 2.74 bits per heavy atom. The van der Waals surface area contributed by atoms with Crippen molar-refractivity contribution in [3.05, 3.63) is 65.5 Å². The molecular formula is C19H17N5O2S. The predicted octanol–water partition coefficient (Wildman–Crippen LogP) is 3.10. The number of ether oxygens (including phenoxy) is 1. The Labute approximate surface area is 159 Å². The number of nitrogens with one attached hydrogen (secondary N) is 1. The van der Waals surface area contributed by atoms with Gasteiger partial charge < -0.3 is 10.1 Å². The van der Waals surface area contributed by atoms with Gasteiger partial charge in [-0.15, -0.1) is 10.2 Å². The molecule has 0 aliphatic carbocycles.